The Labute approximate surface area is 157 Å². The van der Waals surface area contributed by atoms with Crippen molar-refractivity contribution in [2.75, 3.05) is 6.61 Å². The molecule has 0 radical (unpaired) electrons. The van der Waals surface area contributed by atoms with Crippen molar-refractivity contribution in [3.05, 3.63) is 11.6 Å². The fourth-order valence-electron chi connectivity index (χ4n) is 7.56. The Morgan fingerprint density at radius 1 is 1.12 bits per heavy atom. The maximum Gasteiger partial charge on any atom is 0.303 e. The summed E-state index contributed by atoms with van der Waals surface area (Å²) in [6.45, 7) is 6.26. The summed E-state index contributed by atoms with van der Waals surface area (Å²) in [6.07, 6.45) is 13.7. The van der Waals surface area contributed by atoms with Crippen molar-refractivity contribution >= 4 is 11.8 Å². The van der Waals surface area contributed by atoms with Gasteiger partial charge >= 0.3 is 5.97 Å². The molecule has 0 aromatic rings. The predicted octanol–water partition coefficient (Wildman–Crippen LogP) is 5.09. The normalized spacial score (nSPS) is 44.3. The molecule has 0 aromatic heterocycles. The van der Waals surface area contributed by atoms with Crippen LogP contribution in [0.2, 0.25) is 0 Å². The lowest BCUT2D eigenvalue weighted by molar-refractivity contribution is -0.149. The molecule has 26 heavy (non-hydrogen) atoms. The number of Topliss-reactive ketones (excluding diaryl/α,β-unsaturated/α-hetero) is 1. The van der Waals surface area contributed by atoms with Gasteiger partial charge in [-0.25, -0.2) is 0 Å². The second kappa shape index (κ2) is 6.49. The SMILES string of the molecule is CC(=O)OCC(=O)[C@H]1CC[C@H]2[C@@H]3CCC4=CCCC[C@]4(C)[C@H]3CC[C@]12C. The topological polar surface area (TPSA) is 43.4 Å². The molecule has 0 aliphatic heterocycles. The van der Waals surface area contributed by atoms with Crippen molar-refractivity contribution in [3.8, 4) is 0 Å². The first-order valence-corrected chi connectivity index (χ1v) is 10.7. The van der Waals surface area contributed by atoms with Gasteiger partial charge in [0.1, 0.15) is 6.61 Å². The first-order valence-electron chi connectivity index (χ1n) is 10.7. The molecule has 144 valence electrons. The van der Waals surface area contributed by atoms with E-state index in [1.165, 1.54) is 51.9 Å². The first kappa shape index (κ1) is 18.3. The standard InChI is InChI=1S/C23H34O3/c1-15(24)26-14-21(25)20-10-9-18-17-8-7-16-6-4-5-12-22(16,2)19(17)11-13-23(18,20)3/h6,17-20H,4-5,7-14H2,1-3H3/t17-,18-,19-,20+,22-,23-/m0/s1. The number of rotatable bonds is 3. The second-order valence-corrected chi connectivity index (χ2v) is 9.88. The highest BCUT2D eigenvalue weighted by molar-refractivity contribution is 5.85. The molecule has 0 heterocycles. The van der Waals surface area contributed by atoms with Crippen molar-refractivity contribution in [1.82, 2.24) is 0 Å². The van der Waals surface area contributed by atoms with Crippen LogP contribution in [-0.4, -0.2) is 18.4 Å². The third-order valence-electron chi connectivity index (χ3n) is 8.83. The minimum absolute atomic E-state index is 0.0268. The van der Waals surface area contributed by atoms with Gasteiger partial charge < -0.3 is 4.74 Å². The zero-order valence-corrected chi connectivity index (χ0v) is 16.7. The zero-order valence-electron chi connectivity index (χ0n) is 16.7. The molecule has 4 rings (SSSR count). The highest BCUT2D eigenvalue weighted by atomic mass is 16.5. The molecule has 0 bridgehead atoms. The maximum absolute atomic E-state index is 12.8. The van der Waals surface area contributed by atoms with Gasteiger partial charge in [-0.1, -0.05) is 25.5 Å². The number of carbonyl (C=O) groups excluding carboxylic acids is 2. The summed E-state index contributed by atoms with van der Waals surface area (Å²) in [5.74, 6) is 2.16. The van der Waals surface area contributed by atoms with E-state index in [0.29, 0.717) is 11.3 Å². The van der Waals surface area contributed by atoms with E-state index in [1.807, 2.05) is 0 Å². The van der Waals surface area contributed by atoms with E-state index in [0.717, 1.165) is 24.7 Å². The number of ether oxygens (including phenoxy) is 1. The van der Waals surface area contributed by atoms with E-state index in [1.54, 1.807) is 5.57 Å². The average Bonchev–Trinajstić information content (AvgIpc) is 2.96. The van der Waals surface area contributed by atoms with Crippen LogP contribution in [0.3, 0.4) is 0 Å². The number of ketones is 1. The molecule has 3 saturated carbocycles. The Hall–Kier alpha value is -1.12. The summed E-state index contributed by atoms with van der Waals surface area (Å²) in [4.78, 5) is 23.9. The number of esters is 1. The summed E-state index contributed by atoms with van der Waals surface area (Å²) in [5.41, 5.74) is 2.28. The third-order valence-corrected chi connectivity index (χ3v) is 8.83. The van der Waals surface area contributed by atoms with Crippen LogP contribution in [0, 0.1) is 34.5 Å². The van der Waals surface area contributed by atoms with Gasteiger partial charge in [-0.05, 0) is 86.4 Å². The van der Waals surface area contributed by atoms with E-state index in [4.69, 9.17) is 4.74 Å². The molecule has 0 amide bonds. The summed E-state index contributed by atoms with van der Waals surface area (Å²) in [6, 6.07) is 0. The van der Waals surface area contributed by atoms with Gasteiger partial charge in [-0.2, -0.15) is 0 Å². The molecule has 3 heteroatoms. The highest BCUT2D eigenvalue weighted by Gasteiger charge is 2.59. The molecule has 0 spiro atoms. The van der Waals surface area contributed by atoms with Crippen LogP contribution in [0.1, 0.15) is 78.6 Å². The number of carbonyl (C=O) groups is 2. The largest absolute Gasteiger partial charge is 0.458 e. The summed E-state index contributed by atoms with van der Waals surface area (Å²) < 4.78 is 5.04. The summed E-state index contributed by atoms with van der Waals surface area (Å²) in [7, 11) is 0. The van der Waals surface area contributed by atoms with Crippen molar-refractivity contribution in [2.24, 2.45) is 34.5 Å². The lowest BCUT2D eigenvalue weighted by Gasteiger charge is -2.58. The van der Waals surface area contributed by atoms with Crippen LogP contribution in [-0.2, 0) is 14.3 Å². The smallest absolute Gasteiger partial charge is 0.303 e. The molecule has 3 nitrogen and oxygen atoms in total. The number of fused-ring (bicyclic) bond motifs is 5. The Balaban J connectivity index is 1.55. The van der Waals surface area contributed by atoms with Crippen LogP contribution in [0.4, 0.5) is 0 Å². The van der Waals surface area contributed by atoms with Gasteiger partial charge in [0.2, 0.25) is 0 Å². The van der Waals surface area contributed by atoms with Crippen molar-refractivity contribution in [3.63, 3.8) is 0 Å². The molecule has 0 N–H and O–H groups in total. The van der Waals surface area contributed by atoms with E-state index >= 15 is 0 Å². The number of hydrogen-bond donors (Lipinski definition) is 0. The summed E-state index contributed by atoms with van der Waals surface area (Å²) in [5, 5.41) is 0. The molecule has 4 aliphatic rings. The molecule has 0 saturated heterocycles. The lowest BCUT2D eigenvalue weighted by atomic mass is 9.47. The zero-order chi connectivity index (χ0) is 18.5. The Kier molecular flexibility index (Phi) is 4.56. The minimum atomic E-state index is -0.349. The summed E-state index contributed by atoms with van der Waals surface area (Å²) >= 11 is 0. The second-order valence-electron chi connectivity index (χ2n) is 9.88. The van der Waals surface area contributed by atoms with Crippen LogP contribution < -0.4 is 0 Å². The fraction of sp³-hybridized carbons (Fsp3) is 0.826. The van der Waals surface area contributed by atoms with Crippen LogP contribution in [0.25, 0.3) is 0 Å². The Bertz CT molecular complexity index is 635. The highest BCUT2D eigenvalue weighted by Crippen LogP contribution is 2.66. The monoisotopic (exact) mass is 358 g/mol. The average molecular weight is 359 g/mol. The van der Waals surface area contributed by atoms with Gasteiger partial charge in [0.15, 0.2) is 5.78 Å². The van der Waals surface area contributed by atoms with Crippen LogP contribution in [0.15, 0.2) is 11.6 Å². The number of allylic oxidation sites excluding steroid dienone is 2. The molecule has 3 fully saturated rings. The predicted molar refractivity (Wildman–Crippen MR) is 101 cm³/mol. The van der Waals surface area contributed by atoms with Gasteiger partial charge in [0.25, 0.3) is 0 Å². The van der Waals surface area contributed by atoms with E-state index in [9.17, 15) is 9.59 Å². The van der Waals surface area contributed by atoms with Gasteiger partial charge in [0, 0.05) is 12.8 Å². The van der Waals surface area contributed by atoms with E-state index in [2.05, 4.69) is 19.9 Å². The Morgan fingerprint density at radius 2 is 1.92 bits per heavy atom. The van der Waals surface area contributed by atoms with E-state index < -0.39 is 0 Å². The van der Waals surface area contributed by atoms with Crippen LogP contribution in [0.5, 0.6) is 0 Å². The molecular weight excluding hydrogens is 324 g/mol. The lowest BCUT2D eigenvalue weighted by Crippen LogP contribution is -2.51. The third kappa shape index (κ3) is 2.68. The van der Waals surface area contributed by atoms with E-state index in [-0.39, 0.29) is 29.7 Å². The first-order chi connectivity index (χ1) is 12.4. The maximum atomic E-state index is 12.8. The van der Waals surface area contributed by atoms with Gasteiger partial charge in [-0.15, -0.1) is 0 Å². The molecule has 6 atom stereocenters. The minimum Gasteiger partial charge on any atom is -0.458 e. The quantitative estimate of drug-likeness (QED) is 0.521. The molecule has 0 aromatic carbocycles. The molecule has 0 unspecified atom stereocenters. The Morgan fingerprint density at radius 3 is 2.69 bits per heavy atom. The fourth-order valence-corrected chi connectivity index (χ4v) is 7.56. The van der Waals surface area contributed by atoms with Gasteiger partial charge in [0.05, 0.1) is 0 Å². The number of hydrogen-bond acceptors (Lipinski definition) is 3. The van der Waals surface area contributed by atoms with Crippen molar-refractivity contribution < 1.29 is 14.3 Å². The van der Waals surface area contributed by atoms with Crippen molar-refractivity contribution in [2.45, 2.75) is 78.6 Å². The molecule has 4 aliphatic carbocycles. The molecular formula is C23H34O3. The van der Waals surface area contributed by atoms with Crippen LogP contribution >= 0.6 is 0 Å². The van der Waals surface area contributed by atoms with Crippen molar-refractivity contribution in [1.29, 1.82) is 0 Å². The van der Waals surface area contributed by atoms with Gasteiger partial charge in [-0.3, -0.25) is 9.59 Å².